The van der Waals surface area contributed by atoms with Crippen LogP contribution in [-0.2, 0) is 22.4 Å². The van der Waals surface area contributed by atoms with Crippen LogP contribution in [0.2, 0.25) is 0 Å². The predicted octanol–water partition coefficient (Wildman–Crippen LogP) is 3.92. The third-order valence-electron chi connectivity index (χ3n) is 6.44. The number of carbonyl (C=O) groups excluding carboxylic acids is 2. The maximum Gasteiger partial charge on any atom is 0.250 e. The van der Waals surface area contributed by atoms with Crippen LogP contribution in [0.4, 0.5) is 17.1 Å². The van der Waals surface area contributed by atoms with E-state index in [1.54, 1.807) is 23.1 Å². The summed E-state index contributed by atoms with van der Waals surface area (Å²) in [6.07, 6.45) is 8.20. The van der Waals surface area contributed by atoms with Crippen LogP contribution in [-0.4, -0.2) is 36.6 Å². The molecule has 2 aromatic carbocycles. The lowest BCUT2D eigenvalue weighted by Crippen LogP contribution is -2.31. The molecule has 1 aromatic heterocycles. The fraction of sp³-hybridized carbons (Fsp3) is 0.185. The summed E-state index contributed by atoms with van der Waals surface area (Å²) >= 11 is 0. The summed E-state index contributed by atoms with van der Waals surface area (Å²) < 4.78 is 0. The number of aromatic nitrogens is 1. The van der Waals surface area contributed by atoms with Crippen molar-refractivity contribution in [3.05, 3.63) is 78.1 Å². The van der Waals surface area contributed by atoms with Gasteiger partial charge in [0.15, 0.2) is 0 Å². The summed E-state index contributed by atoms with van der Waals surface area (Å²) in [6.45, 7) is 4.23. The van der Waals surface area contributed by atoms with Crippen molar-refractivity contribution < 1.29 is 9.59 Å². The van der Waals surface area contributed by atoms with Gasteiger partial charge in [0, 0.05) is 55.3 Å². The number of hydrogen-bond acceptors (Lipinski definition) is 5. The largest absolute Gasteiger partial charge is 0.404 e. The first-order valence-electron chi connectivity index (χ1n) is 11.2. The maximum absolute atomic E-state index is 13.3. The van der Waals surface area contributed by atoms with Crippen LogP contribution < -0.4 is 15.5 Å². The lowest BCUT2D eigenvalue weighted by Gasteiger charge is -2.31. The Morgan fingerprint density at radius 2 is 2.00 bits per heavy atom. The molecule has 0 bridgehead atoms. The summed E-state index contributed by atoms with van der Waals surface area (Å²) in [5, 5.41) is 0.867. The highest BCUT2D eigenvalue weighted by molar-refractivity contribution is 6.14. The number of nitrogens with zero attached hydrogens (tertiary/aromatic N) is 4. The number of pyridine rings is 1. The minimum atomic E-state index is -0.140. The van der Waals surface area contributed by atoms with Crippen molar-refractivity contribution in [1.82, 2.24) is 4.98 Å². The minimum Gasteiger partial charge on any atom is -0.404 e. The van der Waals surface area contributed by atoms with Crippen LogP contribution >= 0.6 is 0 Å². The molecule has 0 fully saturated rings. The van der Waals surface area contributed by atoms with E-state index in [1.807, 2.05) is 42.6 Å². The van der Waals surface area contributed by atoms with Gasteiger partial charge in [0.05, 0.1) is 16.9 Å². The first-order chi connectivity index (χ1) is 16.5. The number of fused-ring (bicyclic) bond motifs is 4. The quantitative estimate of drug-likeness (QED) is 0.481. The highest BCUT2D eigenvalue weighted by Crippen LogP contribution is 2.42. The standard InChI is InChI=1S/C27H25N5O2/c1-3-25(33)31-11-10-17-4-7-21(13-24(17)31)32-26(34)9-6-19-16-30-23-8-5-18(12-22(23)27(19)32)20(14-28)15-29-2/h3-5,7-8,12-16H,1,6,9-11,28H2,2H3/b20-14+,29-15?. The summed E-state index contributed by atoms with van der Waals surface area (Å²) in [5.41, 5.74) is 12.8. The molecule has 2 amide bonds. The molecule has 0 spiro atoms. The lowest BCUT2D eigenvalue weighted by atomic mass is 9.96. The fourth-order valence-electron chi connectivity index (χ4n) is 4.80. The molecule has 0 atom stereocenters. The van der Waals surface area contributed by atoms with Crippen molar-refractivity contribution in [2.45, 2.75) is 19.3 Å². The molecule has 0 unspecified atom stereocenters. The van der Waals surface area contributed by atoms with Crippen LogP contribution in [0.1, 0.15) is 23.1 Å². The second-order valence-electron chi connectivity index (χ2n) is 8.36. The number of amides is 2. The predicted molar refractivity (Wildman–Crippen MR) is 136 cm³/mol. The Hall–Kier alpha value is -4.26. The van der Waals surface area contributed by atoms with Crippen molar-refractivity contribution in [3.63, 3.8) is 0 Å². The number of anilines is 3. The Balaban J connectivity index is 1.70. The van der Waals surface area contributed by atoms with Gasteiger partial charge in [0.25, 0.3) is 0 Å². The molecule has 3 aromatic rings. The molecular weight excluding hydrogens is 426 g/mol. The number of aliphatic imine (C=N–C) groups is 1. The van der Waals surface area contributed by atoms with Gasteiger partial charge in [-0.15, -0.1) is 0 Å². The fourth-order valence-corrected chi connectivity index (χ4v) is 4.80. The van der Waals surface area contributed by atoms with Crippen molar-refractivity contribution >= 4 is 51.6 Å². The molecule has 0 saturated carbocycles. The molecular formula is C27H25N5O2. The van der Waals surface area contributed by atoms with E-state index < -0.39 is 0 Å². The smallest absolute Gasteiger partial charge is 0.250 e. The van der Waals surface area contributed by atoms with Gasteiger partial charge < -0.3 is 10.6 Å². The molecule has 7 nitrogen and oxygen atoms in total. The van der Waals surface area contributed by atoms with Crippen molar-refractivity contribution in [3.8, 4) is 0 Å². The first kappa shape index (κ1) is 21.6. The van der Waals surface area contributed by atoms with Crippen LogP contribution in [0.25, 0.3) is 16.5 Å². The molecule has 7 heteroatoms. The lowest BCUT2D eigenvalue weighted by molar-refractivity contribution is -0.118. The van der Waals surface area contributed by atoms with E-state index in [0.717, 1.165) is 56.6 Å². The van der Waals surface area contributed by atoms with Crippen molar-refractivity contribution in [2.75, 3.05) is 23.4 Å². The van der Waals surface area contributed by atoms with Crippen molar-refractivity contribution in [1.29, 1.82) is 0 Å². The van der Waals surface area contributed by atoms with Gasteiger partial charge in [-0.1, -0.05) is 18.7 Å². The number of rotatable bonds is 4. The van der Waals surface area contributed by atoms with Crippen LogP contribution in [0, 0.1) is 0 Å². The number of allylic oxidation sites excluding steroid dienone is 1. The second kappa shape index (κ2) is 8.59. The Bertz CT molecular complexity index is 1410. The van der Waals surface area contributed by atoms with E-state index in [2.05, 4.69) is 16.6 Å². The van der Waals surface area contributed by atoms with Crippen LogP contribution in [0.3, 0.4) is 0 Å². The number of benzene rings is 2. The first-order valence-corrected chi connectivity index (χ1v) is 11.2. The molecule has 34 heavy (non-hydrogen) atoms. The monoisotopic (exact) mass is 451 g/mol. The van der Waals surface area contributed by atoms with E-state index in [9.17, 15) is 9.59 Å². The van der Waals surface area contributed by atoms with Crippen molar-refractivity contribution in [2.24, 2.45) is 10.7 Å². The second-order valence-corrected chi connectivity index (χ2v) is 8.36. The summed E-state index contributed by atoms with van der Waals surface area (Å²) in [4.78, 5) is 37.9. The normalized spacial score (nSPS) is 15.7. The molecule has 2 aliphatic rings. The van der Waals surface area contributed by atoms with E-state index in [4.69, 9.17) is 5.73 Å². The van der Waals surface area contributed by atoms with E-state index >= 15 is 0 Å². The molecule has 0 radical (unpaired) electrons. The van der Waals surface area contributed by atoms with Gasteiger partial charge >= 0.3 is 0 Å². The molecule has 170 valence electrons. The maximum atomic E-state index is 13.3. The Morgan fingerprint density at radius 1 is 1.15 bits per heavy atom. The number of hydrogen-bond donors (Lipinski definition) is 1. The molecule has 0 aliphatic carbocycles. The Kier molecular flexibility index (Phi) is 5.45. The zero-order valence-electron chi connectivity index (χ0n) is 19.0. The van der Waals surface area contributed by atoms with Gasteiger partial charge in [-0.25, -0.2) is 0 Å². The average Bonchev–Trinajstić information content (AvgIpc) is 3.29. The van der Waals surface area contributed by atoms with Crippen LogP contribution in [0.15, 0.2) is 66.4 Å². The number of aryl methyl sites for hydroxylation is 1. The number of carbonyl (C=O) groups is 2. The van der Waals surface area contributed by atoms with Gasteiger partial charge in [-0.05, 0) is 59.9 Å². The van der Waals surface area contributed by atoms with Crippen LogP contribution in [0.5, 0.6) is 0 Å². The average molecular weight is 452 g/mol. The Morgan fingerprint density at radius 3 is 2.76 bits per heavy atom. The third-order valence-corrected chi connectivity index (χ3v) is 6.44. The summed E-state index contributed by atoms with van der Waals surface area (Å²) in [5.74, 6) is -0.131. The van der Waals surface area contributed by atoms with Gasteiger partial charge in [-0.3, -0.25) is 24.5 Å². The third kappa shape index (κ3) is 3.46. The van der Waals surface area contributed by atoms with E-state index in [-0.39, 0.29) is 11.8 Å². The SMILES string of the molecule is C=CC(=O)N1CCc2ccc(N3C(=O)CCc4cnc5ccc(/C(C=NC)=C/N)cc5c43)cc21. The molecule has 2 aliphatic heterocycles. The zero-order valence-corrected chi connectivity index (χ0v) is 19.0. The molecule has 2 N–H and O–H groups in total. The topological polar surface area (TPSA) is 91.9 Å². The van der Waals surface area contributed by atoms with Gasteiger partial charge in [0.2, 0.25) is 11.8 Å². The van der Waals surface area contributed by atoms with Gasteiger partial charge in [0.1, 0.15) is 0 Å². The summed E-state index contributed by atoms with van der Waals surface area (Å²) in [6, 6.07) is 11.8. The highest BCUT2D eigenvalue weighted by atomic mass is 16.2. The summed E-state index contributed by atoms with van der Waals surface area (Å²) in [7, 11) is 1.70. The highest BCUT2D eigenvalue weighted by Gasteiger charge is 2.30. The zero-order chi connectivity index (χ0) is 23.8. The molecule has 5 rings (SSSR count). The minimum absolute atomic E-state index is 0.00894. The number of nitrogens with two attached hydrogens (primary N) is 1. The molecule has 0 saturated heterocycles. The molecule has 3 heterocycles. The Labute approximate surface area is 197 Å². The van der Waals surface area contributed by atoms with Gasteiger partial charge in [-0.2, -0.15) is 0 Å². The van der Waals surface area contributed by atoms with E-state index in [1.165, 1.54) is 12.3 Å². The van der Waals surface area contributed by atoms with E-state index in [0.29, 0.717) is 19.4 Å².